The van der Waals surface area contributed by atoms with Crippen LogP contribution < -0.4 is 0 Å². The van der Waals surface area contributed by atoms with Crippen molar-refractivity contribution < 1.29 is 8.42 Å². The third-order valence-corrected chi connectivity index (χ3v) is 6.54. The van der Waals surface area contributed by atoms with Crippen molar-refractivity contribution in [1.82, 2.24) is 24.7 Å². The Bertz CT molecular complexity index is 916. The summed E-state index contributed by atoms with van der Waals surface area (Å²) in [5.74, 6) is 0.449. The fraction of sp³-hybridized carbons (Fsp3) is 0.533. The van der Waals surface area contributed by atoms with Gasteiger partial charge in [0.25, 0.3) is 0 Å². The second-order valence-corrected chi connectivity index (χ2v) is 9.01. The third-order valence-electron chi connectivity index (χ3n) is 4.41. The van der Waals surface area contributed by atoms with Crippen LogP contribution in [-0.2, 0) is 16.5 Å². The summed E-state index contributed by atoms with van der Waals surface area (Å²) in [6.45, 7) is 4.47. The van der Waals surface area contributed by atoms with Crippen LogP contribution in [0.5, 0.6) is 0 Å². The molecular formula is C15H21N5O2S2. The minimum absolute atomic E-state index is 0.00293. The Morgan fingerprint density at radius 3 is 2.71 bits per heavy atom. The Kier molecular flexibility index (Phi) is 4.58. The van der Waals surface area contributed by atoms with Gasteiger partial charge < -0.3 is 0 Å². The molecule has 1 saturated heterocycles. The SMILES string of the molecule is Cc1ccc(-n2nnn(CN(C)C3CCS(=O)(=O)C3)c2=S)c(C)c1. The quantitative estimate of drug-likeness (QED) is 0.763. The molecule has 1 fully saturated rings. The van der Waals surface area contributed by atoms with E-state index in [9.17, 15) is 8.42 Å². The van der Waals surface area contributed by atoms with Gasteiger partial charge in [0.2, 0.25) is 4.77 Å². The molecule has 7 nitrogen and oxygen atoms in total. The van der Waals surface area contributed by atoms with Crippen molar-refractivity contribution in [1.29, 1.82) is 0 Å². The number of sulfone groups is 1. The number of rotatable bonds is 4. The number of benzene rings is 1. The zero-order valence-electron chi connectivity index (χ0n) is 14.0. The topological polar surface area (TPSA) is 73.0 Å². The number of tetrazole rings is 1. The Balaban J connectivity index is 1.82. The van der Waals surface area contributed by atoms with Crippen molar-refractivity contribution in [2.75, 3.05) is 18.6 Å². The molecule has 130 valence electrons. The summed E-state index contributed by atoms with van der Waals surface area (Å²) in [7, 11) is -1.02. The van der Waals surface area contributed by atoms with E-state index in [1.807, 2.05) is 37.9 Å². The van der Waals surface area contributed by atoms with Gasteiger partial charge in [-0.3, -0.25) is 4.90 Å². The van der Waals surface area contributed by atoms with E-state index in [2.05, 4.69) is 16.5 Å². The lowest BCUT2D eigenvalue weighted by molar-refractivity contribution is 0.195. The van der Waals surface area contributed by atoms with E-state index >= 15 is 0 Å². The number of hydrogen-bond donors (Lipinski definition) is 0. The molecule has 1 atom stereocenters. The van der Waals surface area contributed by atoms with Crippen molar-refractivity contribution in [2.24, 2.45) is 0 Å². The molecule has 24 heavy (non-hydrogen) atoms. The van der Waals surface area contributed by atoms with Crippen molar-refractivity contribution in [3.8, 4) is 5.69 Å². The Morgan fingerprint density at radius 2 is 2.08 bits per heavy atom. The molecule has 1 aliphatic rings. The average molecular weight is 368 g/mol. The van der Waals surface area contributed by atoms with Crippen molar-refractivity contribution in [2.45, 2.75) is 33.0 Å². The maximum atomic E-state index is 11.6. The van der Waals surface area contributed by atoms with Gasteiger partial charge in [-0.2, -0.15) is 4.68 Å². The zero-order valence-corrected chi connectivity index (χ0v) is 15.6. The van der Waals surface area contributed by atoms with Crippen LogP contribution in [0.25, 0.3) is 5.69 Å². The molecule has 0 radical (unpaired) electrons. The summed E-state index contributed by atoms with van der Waals surface area (Å²) in [5, 5.41) is 8.30. The summed E-state index contributed by atoms with van der Waals surface area (Å²) >= 11 is 5.49. The highest BCUT2D eigenvalue weighted by Gasteiger charge is 2.30. The number of hydrogen-bond acceptors (Lipinski definition) is 6. The van der Waals surface area contributed by atoms with E-state index in [1.54, 1.807) is 9.36 Å². The molecule has 0 N–H and O–H groups in total. The predicted octanol–water partition coefficient (Wildman–Crippen LogP) is 1.49. The molecule has 0 spiro atoms. The van der Waals surface area contributed by atoms with E-state index in [-0.39, 0.29) is 17.5 Å². The molecule has 0 aliphatic carbocycles. The lowest BCUT2D eigenvalue weighted by Crippen LogP contribution is -2.34. The molecule has 1 aliphatic heterocycles. The lowest BCUT2D eigenvalue weighted by atomic mass is 10.1. The van der Waals surface area contributed by atoms with Gasteiger partial charge in [-0.25, -0.2) is 13.1 Å². The van der Waals surface area contributed by atoms with Gasteiger partial charge in [0.05, 0.1) is 23.9 Å². The maximum Gasteiger partial charge on any atom is 0.221 e. The van der Waals surface area contributed by atoms with Crippen LogP contribution in [0.4, 0.5) is 0 Å². The van der Waals surface area contributed by atoms with Gasteiger partial charge in [0.1, 0.15) is 0 Å². The first-order valence-electron chi connectivity index (χ1n) is 7.78. The van der Waals surface area contributed by atoms with Gasteiger partial charge in [-0.15, -0.1) is 0 Å². The van der Waals surface area contributed by atoms with Crippen molar-refractivity contribution in [3.63, 3.8) is 0 Å². The van der Waals surface area contributed by atoms with Gasteiger partial charge in [0.15, 0.2) is 9.84 Å². The molecular weight excluding hydrogens is 346 g/mol. The highest BCUT2D eigenvalue weighted by molar-refractivity contribution is 7.91. The normalized spacial score (nSPS) is 19.9. The van der Waals surface area contributed by atoms with Gasteiger partial charge >= 0.3 is 0 Å². The van der Waals surface area contributed by atoms with Crippen LogP contribution >= 0.6 is 12.2 Å². The van der Waals surface area contributed by atoms with Gasteiger partial charge in [-0.1, -0.05) is 17.7 Å². The zero-order chi connectivity index (χ0) is 17.5. The largest absolute Gasteiger partial charge is 0.283 e. The Morgan fingerprint density at radius 1 is 1.33 bits per heavy atom. The van der Waals surface area contributed by atoms with Crippen molar-refractivity contribution in [3.05, 3.63) is 34.1 Å². The molecule has 2 aromatic rings. The molecule has 0 amide bonds. The molecule has 1 aromatic carbocycles. The van der Waals surface area contributed by atoms with Gasteiger partial charge in [0, 0.05) is 6.04 Å². The van der Waals surface area contributed by atoms with E-state index < -0.39 is 9.84 Å². The van der Waals surface area contributed by atoms with Crippen LogP contribution in [0.3, 0.4) is 0 Å². The fourth-order valence-electron chi connectivity index (χ4n) is 3.01. The summed E-state index contributed by atoms with van der Waals surface area (Å²) in [4.78, 5) is 1.97. The number of aryl methyl sites for hydroxylation is 2. The second kappa shape index (κ2) is 6.38. The minimum Gasteiger partial charge on any atom is -0.283 e. The molecule has 3 rings (SSSR count). The molecule has 0 bridgehead atoms. The predicted molar refractivity (Wildman–Crippen MR) is 94.5 cm³/mol. The molecule has 2 heterocycles. The average Bonchev–Trinajstić information content (AvgIpc) is 3.03. The summed E-state index contributed by atoms with van der Waals surface area (Å²) in [6, 6.07) is 6.07. The van der Waals surface area contributed by atoms with Crippen LogP contribution in [0.2, 0.25) is 0 Å². The molecule has 1 aromatic heterocycles. The minimum atomic E-state index is -2.91. The summed E-state index contributed by atoms with van der Waals surface area (Å²) in [5.41, 5.74) is 3.16. The van der Waals surface area contributed by atoms with Gasteiger partial charge in [-0.05, 0) is 61.6 Å². The van der Waals surface area contributed by atoms with Crippen LogP contribution in [0.15, 0.2) is 18.2 Å². The molecule has 0 saturated carbocycles. The van der Waals surface area contributed by atoms with E-state index in [1.165, 1.54) is 5.56 Å². The first kappa shape index (κ1) is 17.2. The van der Waals surface area contributed by atoms with E-state index in [0.717, 1.165) is 11.3 Å². The summed E-state index contributed by atoms with van der Waals surface area (Å²) < 4.78 is 27.0. The first-order valence-corrected chi connectivity index (χ1v) is 10.0. The third kappa shape index (κ3) is 3.42. The molecule has 9 heteroatoms. The lowest BCUT2D eigenvalue weighted by Gasteiger charge is -2.22. The van der Waals surface area contributed by atoms with Crippen LogP contribution in [0.1, 0.15) is 17.5 Å². The monoisotopic (exact) mass is 367 g/mol. The standard InChI is InChI=1S/C15H21N5O2S2/c1-11-4-5-14(12(2)8-11)20-15(23)19(16-17-20)10-18(3)13-6-7-24(21,22)9-13/h4-5,8,13H,6-7,9-10H2,1-3H3. The highest BCUT2D eigenvalue weighted by Crippen LogP contribution is 2.18. The van der Waals surface area contributed by atoms with E-state index in [0.29, 0.717) is 17.9 Å². The Labute approximate surface area is 146 Å². The van der Waals surface area contributed by atoms with Crippen LogP contribution in [-0.4, -0.2) is 57.7 Å². The highest BCUT2D eigenvalue weighted by atomic mass is 32.2. The summed E-state index contributed by atoms with van der Waals surface area (Å²) in [6.07, 6.45) is 0.650. The smallest absolute Gasteiger partial charge is 0.221 e. The number of nitrogens with zero attached hydrogens (tertiary/aromatic N) is 5. The number of aromatic nitrogens is 4. The first-order chi connectivity index (χ1) is 11.3. The van der Waals surface area contributed by atoms with Crippen LogP contribution in [0, 0.1) is 18.6 Å². The van der Waals surface area contributed by atoms with E-state index in [4.69, 9.17) is 12.2 Å². The Hall–Kier alpha value is -1.58. The second-order valence-electron chi connectivity index (χ2n) is 6.42. The molecule has 1 unspecified atom stereocenters. The van der Waals surface area contributed by atoms with Crippen molar-refractivity contribution >= 4 is 22.1 Å². The fourth-order valence-corrected chi connectivity index (χ4v) is 5.04. The maximum absolute atomic E-state index is 11.6.